The Balaban J connectivity index is 3.66. The van der Waals surface area contributed by atoms with Crippen molar-refractivity contribution in [2.24, 2.45) is 0 Å². The maximum atomic E-state index is 10.1. The van der Waals surface area contributed by atoms with Gasteiger partial charge in [-0.05, 0) is 13.8 Å². The van der Waals surface area contributed by atoms with E-state index < -0.39 is 0 Å². The number of methoxy groups -OCH3 is 1. The number of nitrogens with zero attached hydrogens (tertiary/aromatic N) is 1. The van der Waals surface area contributed by atoms with Gasteiger partial charge in [-0.2, -0.15) is 0 Å². The van der Waals surface area contributed by atoms with E-state index in [1.54, 1.807) is 34.4 Å². The SMILES string of the molecule is COC(C)OC(C)N(C)[C]=O. The molecular formula is C7H14NO3. The standard InChI is InChI=1S/C7H14NO3/c1-6(8(3)5-9)11-7(2)10-4/h6-7H,1-4H3. The molecule has 0 aliphatic carbocycles. The molecule has 0 bridgehead atoms. The quantitative estimate of drug-likeness (QED) is 0.430. The summed E-state index contributed by atoms with van der Waals surface area (Å²) in [4.78, 5) is 11.4. The molecule has 0 aromatic carbocycles. The lowest BCUT2D eigenvalue weighted by molar-refractivity contribution is -0.164. The van der Waals surface area contributed by atoms with Crippen LogP contribution in [0.3, 0.4) is 0 Å². The monoisotopic (exact) mass is 160 g/mol. The van der Waals surface area contributed by atoms with Gasteiger partial charge in [-0.25, -0.2) is 0 Å². The largest absolute Gasteiger partial charge is 0.356 e. The van der Waals surface area contributed by atoms with E-state index in [0.29, 0.717) is 0 Å². The molecule has 0 rings (SSSR count). The van der Waals surface area contributed by atoms with E-state index in [9.17, 15) is 4.79 Å². The summed E-state index contributed by atoms with van der Waals surface area (Å²) in [6, 6.07) is 0. The van der Waals surface area contributed by atoms with Crippen LogP contribution in [0.4, 0.5) is 0 Å². The fraction of sp³-hybridized carbons (Fsp3) is 0.857. The van der Waals surface area contributed by atoms with Crippen molar-refractivity contribution in [1.82, 2.24) is 4.90 Å². The molecule has 11 heavy (non-hydrogen) atoms. The van der Waals surface area contributed by atoms with Crippen molar-refractivity contribution in [1.29, 1.82) is 0 Å². The Kier molecular flexibility index (Phi) is 4.81. The van der Waals surface area contributed by atoms with E-state index in [-0.39, 0.29) is 12.5 Å². The zero-order valence-corrected chi connectivity index (χ0v) is 7.33. The molecule has 2 unspecified atom stereocenters. The first kappa shape index (κ1) is 10.4. The van der Waals surface area contributed by atoms with E-state index in [1.807, 2.05) is 0 Å². The highest BCUT2D eigenvalue weighted by atomic mass is 16.7. The molecule has 0 saturated heterocycles. The second-order valence-electron chi connectivity index (χ2n) is 2.24. The summed E-state index contributed by atoms with van der Waals surface area (Å²) in [5.41, 5.74) is 0. The van der Waals surface area contributed by atoms with Crippen LogP contribution in [0.2, 0.25) is 0 Å². The lowest BCUT2D eigenvalue weighted by Crippen LogP contribution is -2.33. The van der Waals surface area contributed by atoms with Crippen LogP contribution in [0.5, 0.6) is 0 Å². The van der Waals surface area contributed by atoms with Crippen LogP contribution in [0, 0.1) is 0 Å². The zero-order valence-electron chi connectivity index (χ0n) is 7.33. The molecule has 1 amide bonds. The number of rotatable bonds is 5. The number of amides is 1. The molecule has 0 aliphatic heterocycles. The van der Waals surface area contributed by atoms with Gasteiger partial charge < -0.3 is 14.4 Å². The van der Waals surface area contributed by atoms with Crippen LogP contribution >= 0.6 is 0 Å². The minimum absolute atomic E-state index is 0.303. The average molecular weight is 160 g/mol. The van der Waals surface area contributed by atoms with E-state index in [2.05, 4.69) is 0 Å². The highest BCUT2D eigenvalue weighted by Gasteiger charge is 2.10. The molecule has 65 valence electrons. The minimum atomic E-state index is -0.305. The third kappa shape index (κ3) is 3.95. The molecule has 0 fully saturated rings. The first-order valence-electron chi connectivity index (χ1n) is 3.40. The number of carbonyl (C=O) groups excluding carboxylic acids is 1. The van der Waals surface area contributed by atoms with Gasteiger partial charge in [0.15, 0.2) is 6.29 Å². The predicted octanol–water partition coefficient (Wildman–Crippen LogP) is 0.340. The summed E-state index contributed by atoms with van der Waals surface area (Å²) in [5.74, 6) is 0. The second-order valence-corrected chi connectivity index (χ2v) is 2.24. The molecule has 1 radical (unpaired) electrons. The van der Waals surface area contributed by atoms with Crippen LogP contribution in [0.15, 0.2) is 0 Å². The maximum absolute atomic E-state index is 10.1. The average Bonchev–Trinajstić information content (AvgIpc) is 2.02. The summed E-state index contributed by atoms with van der Waals surface area (Å²) in [6.45, 7) is 3.51. The third-order valence-corrected chi connectivity index (χ3v) is 1.41. The summed E-state index contributed by atoms with van der Waals surface area (Å²) in [5, 5.41) is 0. The van der Waals surface area contributed by atoms with Gasteiger partial charge in [-0.15, -0.1) is 0 Å². The minimum Gasteiger partial charge on any atom is -0.356 e. The first-order valence-corrected chi connectivity index (χ1v) is 3.40. The summed E-state index contributed by atoms with van der Waals surface area (Å²) in [7, 11) is 3.14. The van der Waals surface area contributed by atoms with Crippen molar-refractivity contribution >= 4 is 6.41 Å². The normalized spacial score (nSPS) is 15.6. The first-order chi connectivity index (χ1) is 5.11. The highest BCUT2D eigenvalue weighted by Crippen LogP contribution is 2.00. The summed E-state index contributed by atoms with van der Waals surface area (Å²) < 4.78 is 10.0. The molecule has 0 aliphatic rings. The van der Waals surface area contributed by atoms with E-state index in [1.165, 1.54) is 4.90 Å². The van der Waals surface area contributed by atoms with Crippen molar-refractivity contribution in [3.63, 3.8) is 0 Å². The van der Waals surface area contributed by atoms with Gasteiger partial charge in [0.25, 0.3) is 0 Å². The van der Waals surface area contributed by atoms with Crippen molar-refractivity contribution in [2.75, 3.05) is 14.2 Å². The fourth-order valence-corrected chi connectivity index (χ4v) is 0.498. The Labute approximate surface area is 67.1 Å². The van der Waals surface area contributed by atoms with Gasteiger partial charge in [0.1, 0.15) is 6.23 Å². The Morgan fingerprint density at radius 1 is 1.45 bits per heavy atom. The van der Waals surface area contributed by atoms with Gasteiger partial charge in [-0.1, -0.05) is 0 Å². The Hall–Kier alpha value is -0.610. The maximum Gasteiger partial charge on any atom is 0.313 e. The molecule has 0 N–H and O–H groups in total. The van der Waals surface area contributed by atoms with E-state index >= 15 is 0 Å². The van der Waals surface area contributed by atoms with Crippen LogP contribution in [-0.4, -0.2) is 38.0 Å². The molecule has 4 heteroatoms. The van der Waals surface area contributed by atoms with Gasteiger partial charge in [0.05, 0.1) is 0 Å². The second kappa shape index (κ2) is 5.09. The Bertz CT molecular complexity index is 118. The molecule has 2 atom stereocenters. The van der Waals surface area contributed by atoms with Crippen LogP contribution in [0.25, 0.3) is 0 Å². The molecule has 4 nitrogen and oxygen atoms in total. The van der Waals surface area contributed by atoms with E-state index in [0.717, 1.165) is 0 Å². The summed E-state index contributed by atoms with van der Waals surface area (Å²) in [6.07, 6.45) is 1.09. The molecule has 0 aromatic rings. The molecular weight excluding hydrogens is 146 g/mol. The molecule has 0 saturated carbocycles. The zero-order chi connectivity index (χ0) is 8.85. The molecule has 0 heterocycles. The van der Waals surface area contributed by atoms with Gasteiger partial charge in [-0.3, -0.25) is 4.79 Å². The van der Waals surface area contributed by atoms with Crippen LogP contribution < -0.4 is 0 Å². The van der Waals surface area contributed by atoms with E-state index in [4.69, 9.17) is 9.47 Å². The predicted molar refractivity (Wildman–Crippen MR) is 40.5 cm³/mol. The highest BCUT2D eigenvalue weighted by molar-refractivity contribution is 5.47. The third-order valence-electron chi connectivity index (χ3n) is 1.41. The van der Waals surface area contributed by atoms with Crippen molar-refractivity contribution < 1.29 is 14.3 Å². The number of hydrogen-bond donors (Lipinski definition) is 0. The van der Waals surface area contributed by atoms with Crippen LogP contribution in [0.1, 0.15) is 13.8 Å². The summed E-state index contributed by atoms with van der Waals surface area (Å²) >= 11 is 0. The van der Waals surface area contributed by atoms with Crippen molar-refractivity contribution in [3.8, 4) is 0 Å². The van der Waals surface area contributed by atoms with Crippen molar-refractivity contribution in [3.05, 3.63) is 0 Å². The van der Waals surface area contributed by atoms with Gasteiger partial charge >= 0.3 is 6.41 Å². The van der Waals surface area contributed by atoms with Crippen molar-refractivity contribution in [2.45, 2.75) is 26.4 Å². The lowest BCUT2D eigenvalue weighted by atomic mass is 10.6. The van der Waals surface area contributed by atoms with Crippen LogP contribution in [-0.2, 0) is 14.3 Å². The Morgan fingerprint density at radius 3 is 2.36 bits per heavy atom. The number of hydrogen-bond acceptors (Lipinski definition) is 3. The lowest BCUT2D eigenvalue weighted by Gasteiger charge is -2.22. The number of ether oxygens (including phenoxy) is 2. The Morgan fingerprint density at radius 2 is 2.00 bits per heavy atom. The smallest absolute Gasteiger partial charge is 0.313 e. The fourth-order valence-electron chi connectivity index (χ4n) is 0.498. The topological polar surface area (TPSA) is 38.8 Å². The van der Waals surface area contributed by atoms with Gasteiger partial charge in [0.2, 0.25) is 0 Å². The molecule has 0 spiro atoms. The molecule has 0 aromatic heterocycles. The van der Waals surface area contributed by atoms with Gasteiger partial charge in [0, 0.05) is 14.2 Å².